The van der Waals surface area contributed by atoms with Crippen molar-refractivity contribution in [2.45, 2.75) is 0 Å². The van der Waals surface area contributed by atoms with Crippen LogP contribution in [0.3, 0.4) is 0 Å². The molecule has 1 aromatic rings. The maximum absolute atomic E-state index is 11.4. The first-order valence-electron chi connectivity index (χ1n) is 4.07. The molecule has 0 aromatic carbocycles. The lowest BCUT2D eigenvalue weighted by Crippen LogP contribution is -2.22. The lowest BCUT2D eigenvalue weighted by molar-refractivity contribution is 0.595. The number of nitrogens with zero attached hydrogens (tertiary/aromatic N) is 1. The van der Waals surface area contributed by atoms with Crippen LogP contribution < -0.4 is 10.5 Å². The molecule has 0 atom stereocenters. The standard InChI is InChI=1S/C7H11N3O4S2/c1-15(11,12)5-16(13,14)10-7-2-3-9-4-6(7)8/h2-4H,5,8H2,1H3,(H,9,10). The van der Waals surface area contributed by atoms with Crippen molar-refractivity contribution in [3.8, 4) is 0 Å². The highest BCUT2D eigenvalue weighted by atomic mass is 32.3. The van der Waals surface area contributed by atoms with E-state index in [2.05, 4.69) is 9.71 Å². The molecular formula is C7H11N3O4S2. The van der Waals surface area contributed by atoms with Gasteiger partial charge in [-0.1, -0.05) is 0 Å². The summed E-state index contributed by atoms with van der Waals surface area (Å²) in [5.74, 6) is 0. The largest absolute Gasteiger partial charge is 0.396 e. The normalized spacial score (nSPS) is 12.3. The van der Waals surface area contributed by atoms with Crippen molar-refractivity contribution >= 4 is 31.2 Å². The van der Waals surface area contributed by atoms with Gasteiger partial charge in [0.15, 0.2) is 14.9 Å². The molecule has 9 heteroatoms. The van der Waals surface area contributed by atoms with E-state index in [1.54, 1.807) is 0 Å². The quantitative estimate of drug-likeness (QED) is 0.750. The van der Waals surface area contributed by atoms with Crippen molar-refractivity contribution in [2.24, 2.45) is 0 Å². The molecule has 1 heterocycles. The summed E-state index contributed by atoms with van der Waals surface area (Å²) in [5, 5.41) is -0.984. The van der Waals surface area contributed by atoms with Crippen LogP contribution in [-0.2, 0) is 19.9 Å². The lowest BCUT2D eigenvalue weighted by atomic mass is 10.4. The lowest BCUT2D eigenvalue weighted by Gasteiger charge is -2.08. The predicted octanol–water partition coefficient (Wildman–Crippen LogP) is -0.592. The fraction of sp³-hybridized carbons (Fsp3) is 0.286. The highest BCUT2D eigenvalue weighted by molar-refractivity contribution is 8.08. The zero-order valence-electron chi connectivity index (χ0n) is 8.41. The zero-order valence-corrected chi connectivity index (χ0v) is 10.0. The van der Waals surface area contributed by atoms with Gasteiger partial charge in [0.1, 0.15) is 0 Å². The van der Waals surface area contributed by atoms with Crippen molar-refractivity contribution in [3.05, 3.63) is 18.5 Å². The molecule has 7 nitrogen and oxygen atoms in total. The Balaban J connectivity index is 2.95. The Kier molecular flexibility index (Phi) is 3.38. The number of hydrogen-bond acceptors (Lipinski definition) is 6. The average molecular weight is 265 g/mol. The Morgan fingerprint density at radius 1 is 1.38 bits per heavy atom. The Hall–Kier alpha value is -1.35. The third kappa shape index (κ3) is 4.03. The number of pyridine rings is 1. The molecule has 0 radical (unpaired) electrons. The van der Waals surface area contributed by atoms with Gasteiger partial charge in [-0.05, 0) is 6.07 Å². The maximum Gasteiger partial charge on any atom is 0.247 e. The molecule has 0 aliphatic carbocycles. The van der Waals surface area contributed by atoms with Crippen LogP contribution in [0.25, 0.3) is 0 Å². The first-order valence-corrected chi connectivity index (χ1v) is 7.78. The number of sulfonamides is 1. The third-order valence-electron chi connectivity index (χ3n) is 1.49. The molecule has 1 aromatic heterocycles. The van der Waals surface area contributed by atoms with Gasteiger partial charge >= 0.3 is 0 Å². The number of nitrogens with two attached hydrogens (primary N) is 1. The van der Waals surface area contributed by atoms with Crippen molar-refractivity contribution in [1.82, 2.24) is 4.98 Å². The van der Waals surface area contributed by atoms with Crippen LogP contribution in [0.15, 0.2) is 18.5 Å². The van der Waals surface area contributed by atoms with Gasteiger partial charge in [-0.15, -0.1) is 0 Å². The SMILES string of the molecule is CS(=O)(=O)CS(=O)(=O)Nc1ccncc1N. The Labute approximate surface area is 93.7 Å². The van der Waals surface area contributed by atoms with Gasteiger partial charge < -0.3 is 5.73 Å². The molecule has 0 amide bonds. The van der Waals surface area contributed by atoms with Gasteiger partial charge in [0.2, 0.25) is 10.0 Å². The number of nitrogens with one attached hydrogen (secondary N) is 1. The summed E-state index contributed by atoms with van der Waals surface area (Å²) in [6.45, 7) is 0. The fourth-order valence-corrected chi connectivity index (χ4v) is 3.99. The number of anilines is 2. The number of aromatic nitrogens is 1. The summed E-state index contributed by atoms with van der Waals surface area (Å²) in [7, 11) is -7.58. The smallest absolute Gasteiger partial charge is 0.247 e. The molecule has 0 spiro atoms. The van der Waals surface area contributed by atoms with Crippen molar-refractivity contribution in [2.75, 3.05) is 21.8 Å². The molecule has 0 saturated heterocycles. The number of sulfone groups is 1. The Bertz CT molecular complexity index is 579. The summed E-state index contributed by atoms with van der Waals surface area (Å²) in [6.07, 6.45) is 3.44. The third-order valence-corrected chi connectivity index (χ3v) is 4.97. The van der Waals surface area contributed by atoms with E-state index < -0.39 is 24.9 Å². The average Bonchev–Trinajstić information content (AvgIpc) is 2.04. The summed E-state index contributed by atoms with van der Waals surface area (Å²) >= 11 is 0. The number of rotatable bonds is 4. The second kappa shape index (κ2) is 4.26. The molecule has 0 bridgehead atoms. The topological polar surface area (TPSA) is 119 Å². The van der Waals surface area contributed by atoms with E-state index >= 15 is 0 Å². The molecule has 0 fully saturated rings. The Morgan fingerprint density at radius 2 is 2.00 bits per heavy atom. The van der Waals surface area contributed by atoms with Gasteiger partial charge in [0.25, 0.3) is 0 Å². The molecule has 90 valence electrons. The van der Waals surface area contributed by atoms with E-state index in [1.807, 2.05) is 0 Å². The molecule has 0 saturated carbocycles. The van der Waals surface area contributed by atoms with E-state index in [0.717, 1.165) is 6.26 Å². The van der Waals surface area contributed by atoms with Crippen molar-refractivity contribution < 1.29 is 16.8 Å². The van der Waals surface area contributed by atoms with Gasteiger partial charge in [-0.2, -0.15) is 0 Å². The number of hydrogen-bond donors (Lipinski definition) is 2. The first-order chi connectivity index (χ1) is 7.20. The van der Waals surface area contributed by atoms with Gasteiger partial charge in [0.05, 0.1) is 17.6 Å². The molecule has 0 aliphatic heterocycles. The summed E-state index contributed by atoms with van der Waals surface area (Å²) < 4.78 is 46.6. The summed E-state index contributed by atoms with van der Waals surface area (Å²) in [6, 6.07) is 1.34. The second-order valence-corrected chi connectivity index (χ2v) is 7.45. The van der Waals surface area contributed by atoms with Gasteiger partial charge in [-0.3, -0.25) is 9.71 Å². The van der Waals surface area contributed by atoms with E-state index in [1.165, 1.54) is 18.5 Å². The first kappa shape index (κ1) is 12.7. The van der Waals surface area contributed by atoms with Crippen LogP contribution in [-0.4, -0.2) is 33.2 Å². The molecular weight excluding hydrogens is 254 g/mol. The molecule has 1 rings (SSSR count). The van der Waals surface area contributed by atoms with Crippen molar-refractivity contribution in [3.63, 3.8) is 0 Å². The van der Waals surface area contributed by atoms with Crippen LogP contribution in [0.1, 0.15) is 0 Å². The van der Waals surface area contributed by atoms with E-state index in [-0.39, 0.29) is 11.4 Å². The minimum atomic E-state index is -3.96. The molecule has 3 N–H and O–H groups in total. The van der Waals surface area contributed by atoms with E-state index in [9.17, 15) is 16.8 Å². The zero-order chi connectivity index (χ0) is 12.4. The monoisotopic (exact) mass is 265 g/mol. The molecule has 16 heavy (non-hydrogen) atoms. The van der Waals surface area contributed by atoms with E-state index in [0.29, 0.717) is 0 Å². The maximum atomic E-state index is 11.4. The Morgan fingerprint density at radius 3 is 2.50 bits per heavy atom. The highest BCUT2D eigenvalue weighted by Gasteiger charge is 2.18. The van der Waals surface area contributed by atoms with Crippen LogP contribution >= 0.6 is 0 Å². The minimum absolute atomic E-state index is 0.110. The van der Waals surface area contributed by atoms with Crippen molar-refractivity contribution in [1.29, 1.82) is 0 Å². The van der Waals surface area contributed by atoms with Gasteiger partial charge in [-0.25, -0.2) is 16.8 Å². The van der Waals surface area contributed by atoms with Crippen LogP contribution in [0.2, 0.25) is 0 Å². The predicted molar refractivity (Wildman–Crippen MR) is 60.9 cm³/mol. The fourth-order valence-electron chi connectivity index (χ4n) is 0.978. The van der Waals surface area contributed by atoms with Crippen LogP contribution in [0.4, 0.5) is 11.4 Å². The summed E-state index contributed by atoms with van der Waals surface area (Å²) in [5.41, 5.74) is 5.69. The van der Waals surface area contributed by atoms with Gasteiger partial charge in [0, 0.05) is 12.5 Å². The van der Waals surface area contributed by atoms with Crippen LogP contribution in [0, 0.1) is 0 Å². The minimum Gasteiger partial charge on any atom is -0.396 e. The molecule has 0 unspecified atom stereocenters. The van der Waals surface area contributed by atoms with Crippen LogP contribution in [0.5, 0.6) is 0 Å². The highest BCUT2D eigenvalue weighted by Crippen LogP contribution is 2.17. The number of nitrogen functional groups attached to an aromatic ring is 1. The van der Waals surface area contributed by atoms with E-state index in [4.69, 9.17) is 5.73 Å². The summed E-state index contributed by atoms with van der Waals surface area (Å²) in [4.78, 5) is 3.67. The molecule has 0 aliphatic rings. The second-order valence-electron chi connectivity index (χ2n) is 3.22.